The standard InChI is InChI=1S/C5H11NO3/c6-5-8-2-1-4(7)3-9-5/h4-5,7H,1-3,6H2/t4-,5?/m1/s1. The van der Waals surface area contributed by atoms with Crippen LogP contribution in [0.1, 0.15) is 6.42 Å². The summed E-state index contributed by atoms with van der Waals surface area (Å²) >= 11 is 0. The molecule has 0 aromatic heterocycles. The van der Waals surface area contributed by atoms with Crippen LogP contribution in [0.5, 0.6) is 0 Å². The van der Waals surface area contributed by atoms with E-state index in [9.17, 15) is 0 Å². The quantitative estimate of drug-likeness (QED) is 0.446. The molecule has 1 aliphatic rings. The monoisotopic (exact) mass is 133 g/mol. The molecule has 0 aliphatic carbocycles. The Hall–Kier alpha value is -0.160. The maximum absolute atomic E-state index is 8.95. The van der Waals surface area contributed by atoms with Crippen molar-refractivity contribution in [3.05, 3.63) is 0 Å². The second-order valence-electron chi connectivity index (χ2n) is 2.02. The van der Waals surface area contributed by atoms with E-state index in [2.05, 4.69) is 0 Å². The SMILES string of the molecule is NC1OCC[C@@H](O)CO1. The topological polar surface area (TPSA) is 64.7 Å². The van der Waals surface area contributed by atoms with Crippen LogP contribution in [0, 0.1) is 0 Å². The van der Waals surface area contributed by atoms with E-state index in [4.69, 9.17) is 20.3 Å². The van der Waals surface area contributed by atoms with Crippen molar-refractivity contribution in [2.45, 2.75) is 18.9 Å². The van der Waals surface area contributed by atoms with Gasteiger partial charge in [-0.3, -0.25) is 5.73 Å². The number of rotatable bonds is 0. The van der Waals surface area contributed by atoms with Gasteiger partial charge in [0.1, 0.15) is 0 Å². The molecule has 0 saturated carbocycles. The lowest BCUT2D eigenvalue weighted by Gasteiger charge is -2.07. The molecule has 0 bridgehead atoms. The fourth-order valence-corrected chi connectivity index (χ4v) is 0.658. The summed E-state index contributed by atoms with van der Waals surface area (Å²) in [4.78, 5) is 0. The van der Waals surface area contributed by atoms with Crippen molar-refractivity contribution in [2.24, 2.45) is 5.73 Å². The molecule has 4 heteroatoms. The molecule has 4 nitrogen and oxygen atoms in total. The number of hydrogen-bond donors (Lipinski definition) is 2. The molecule has 1 saturated heterocycles. The Kier molecular flexibility index (Phi) is 2.41. The normalized spacial score (nSPS) is 38.0. The number of ether oxygens (including phenoxy) is 2. The molecule has 1 unspecified atom stereocenters. The highest BCUT2D eigenvalue weighted by Gasteiger charge is 2.13. The van der Waals surface area contributed by atoms with Crippen molar-refractivity contribution in [3.8, 4) is 0 Å². The van der Waals surface area contributed by atoms with Gasteiger partial charge in [0, 0.05) is 0 Å². The van der Waals surface area contributed by atoms with Crippen molar-refractivity contribution in [3.63, 3.8) is 0 Å². The maximum atomic E-state index is 8.95. The fourth-order valence-electron chi connectivity index (χ4n) is 0.658. The Labute approximate surface area is 53.6 Å². The number of nitrogens with two attached hydrogens (primary N) is 1. The minimum Gasteiger partial charge on any atom is -0.391 e. The molecule has 1 rings (SSSR count). The third-order valence-electron chi connectivity index (χ3n) is 1.19. The molecule has 0 aromatic carbocycles. The molecule has 9 heavy (non-hydrogen) atoms. The van der Waals surface area contributed by atoms with E-state index in [-0.39, 0.29) is 6.61 Å². The lowest BCUT2D eigenvalue weighted by atomic mass is 10.3. The van der Waals surface area contributed by atoms with Gasteiger partial charge in [-0.2, -0.15) is 0 Å². The van der Waals surface area contributed by atoms with Crippen LogP contribution in [0.4, 0.5) is 0 Å². The highest BCUT2D eigenvalue weighted by atomic mass is 16.7. The highest BCUT2D eigenvalue weighted by molar-refractivity contribution is 4.55. The van der Waals surface area contributed by atoms with Crippen LogP contribution in [0.2, 0.25) is 0 Å². The molecular formula is C5H11NO3. The molecule has 0 spiro atoms. The molecule has 0 radical (unpaired) electrons. The lowest BCUT2D eigenvalue weighted by molar-refractivity contribution is -0.127. The van der Waals surface area contributed by atoms with Gasteiger partial charge < -0.3 is 14.6 Å². The molecule has 0 aromatic rings. The Bertz CT molecular complexity index is 78.3. The van der Waals surface area contributed by atoms with E-state index in [0.717, 1.165) is 0 Å². The van der Waals surface area contributed by atoms with Gasteiger partial charge in [-0.25, -0.2) is 0 Å². The summed E-state index contributed by atoms with van der Waals surface area (Å²) < 4.78 is 9.69. The van der Waals surface area contributed by atoms with E-state index in [1.807, 2.05) is 0 Å². The van der Waals surface area contributed by atoms with Crippen LogP contribution in [-0.2, 0) is 9.47 Å². The highest BCUT2D eigenvalue weighted by Crippen LogP contribution is 2.01. The third-order valence-corrected chi connectivity index (χ3v) is 1.19. The summed E-state index contributed by atoms with van der Waals surface area (Å²) in [6, 6.07) is 0. The van der Waals surface area contributed by atoms with Crippen LogP contribution >= 0.6 is 0 Å². The van der Waals surface area contributed by atoms with Gasteiger partial charge in [-0.05, 0) is 6.42 Å². The van der Waals surface area contributed by atoms with Gasteiger partial charge in [-0.1, -0.05) is 0 Å². The third kappa shape index (κ3) is 2.28. The molecule has 1 fully saturated rings. The van der Waals surface area contributed by atoms with Crippen LogP contribution in [0.25, 0.3) is 0 Å². The molecule has 2 atom stereocenters. The summed E-state index contributed by atoms with van der Waals surface area (Å²) in [7, 11) is 0. The summed E-state index contributed by atoms with van der Waals surface area (Å²) in [6.45, 7) is 0.753. The second-order valence-corrected chi connectivity index (χ2v) is 2.02. The summed E-state index contributed by atoms with van der Waals surface area (Å²) in [5.41, 5.74) is 5.24. The van der Waals surface area contributed by atoms with E-state index in [0.29, 0.717) is 13.0 Å². The Morgan fingerprint density at radius 3 is 3.00 bits per heavy atom. The molecule has 1 heterocycles. The first-order chi connectivity index (χ1) is 4.29. The van der Waals surface area contributed by atoms with Crippen molar-refractivity contribution < 1.29 is 14.6 Å². The molecular weight excluding hydrogens is 122 g/mol. The zero-order valence-corrected chi connectivity index (χ0v) is 5.12. The Morgan fingerprint density at radius 1 is 1.44 bits per heavy atom. The maximum Gasteiger partial charge on any atom is 0.213 e. The van der Waals surface area contributed by atoms with Gasteiger partial charge in [0.25, 0.3) is 0 Å². The van der Waals surface area contributed by atoms with E-state index >= 15 is 0 Å². The summed E-state index contributed by atoms with van der Waals surface area (Å²) in [5.74, 6) is 0. The minimum atomic E-state index is -0.651. The second kappa shape index (κ2) is 3.12. The van der Waals surface area contributed by atoms with Gasteiger partial charge in [0.2, 0.25) is 6.41 Å². The smallest absolute Gasteiger partial charge is 0.213 e. The lowest BCUT2D eigenvalue weighted by Crippen LogP contribution is -2.26. The summed E-state index contributed by atoms with van der Waals surface area (Å²) in [5, 5.41) is 8.95. The van der Waals surface area contributed by atoms with E-state index < -0.39 is 12.5 Å². The molecule has 54 valence electrons. The van der Waals surface area contributed by atoms with Gasteiger partial charge in [0.05, 0.1) is 19.3 Å². The van der Waals surface area contributed by atoms with E-state index in [1.165, 1.54) is 0 Å². The first-order valence-electron chi connectivity index (χ1n) is 2.96. The predicted molar refractivity (Wildman–Crippen MR) is 30.5 cm³/mol. The summed E-state index contributed by atoms with van der Waals surface area (Å²) in [6.07, 6.45) is -0.464. The van der Waals surface area contributed by atoms with Crippen LogP contribution in [-0.4, -0.2) is 30.8 Å². The number of hydrogen-bond acceptors (Lipinski definition) is 4. The number of aliphatic hydroxyl groups excluding tert-OH is 1. The van der Waals surface area contributed by atoms with Crippen molar-refractivity contribution >= 4 is 0 Å². The molecule has 3 N–H and O–H groups in total. The van der Waals surface area contributed by atoms with Crippen molar-refractivity contribution in [1.82, 2.24) is 0 Å². The number of aliphatic hydroxyl groups is 1. The fraction of sp³-hybridized carbons (Fsp3) is 1.00. The predicted octanol–water partition coefficient (Wildman–Crippen LogP) is -0.974. The zero-order valence-electron chi connectivity index (χ0n) is 5.12. The average molecular weight is 133 g/mol. The van der Waals surface area contributed by atoms with Gasteiger partial charge in [0.15, 0.2) is 0 Å². The van der Waals surface area contributed by atoms with Crippen LogP contribution in [0.15, 0.2) is 0 Å². The Morgan fingerprint density at radius 2 is 2.22 bits per heavy atom. The van der Waals surface area contributed by atoms with Crippen molar-refractivity contribution in [1.29, 1.82) is 0 Å². The first-order valence-corrected chi connectivity index (χ1v) is 2.96. The van der Waals surface area contributed by atoms with E-state index in [1.54, 1.807) is 0 Å². The Balaban J connectivity index is 2.25. The van der Waals surface area contributed by atoms with Crippen LogP contribution in [0.3, 0.4) is 0 Å². The first kappa shape index (κ1) is 6.95. The minimum absolute atomic E-state index is 0.279. The molecule has 1 aliphatic heterocycles. The molecule has 0 amide bonds. The van der Waals surface area contributed by atoms with Crippen LogP contribution < -0.4 is 5.73 Å². The van der Waals surface area contributed by atoms with Gasteiger partial charge >= 0.3 is 0 Å². The van der Waals surface area contributed by atoms with Crippen molar-refractivity contribution in [2.75, 3.05) is 13.2 Å². The zero-order chi connectivity index (χ0) is 6.69. The largest absolute Gasteiger partial charge is 0.391 e. The average Bonchev–Trinajstić information content (AvgIpc) is 1.97. The van der Waals surface area contributed by atoms with Gasteiger partial charge in [-0.15, -0.1) is 0 Å².